The molecule has 1 aromatic heterocycles. The minimum absolute atomic E-state index is 0.100. The van der Waals surface area contributed by atoms with Crippen LogP contribution in [0.5, 0.6) is 0 Å². The van der Waals surface area contributed by atoms with Gasteiger partial charge in [-0.05, 0) is 96.2 Å². The largest absolute Gasteiger partial charge is 0.304 e. The van der Waals surface area contributed by atoms with Gasteiger partial charge in [0.2, 0.25) is 0 Å². The molecule has 0 bridgehead atoms. The van der Waals surface area contributed by atoms with Gasteiger partial charge < -0.3 is 4.57 Å². The fraction of sp³-hybridized carbons (Fsp3) is 0.118. The van der Waals surface area contributed by atoms with E-state index in [4.69, 9.17) is 0 Å². The monoisotopic (exact) mass is 501 g/mol. The van der Waals surface area contributed by atoms with Crippen LogP contribution in [0.1, 0.15) is 11.1 Å². The number of pyridine rings is 1. The van der Waals surface area contributed by atoms with E-state index < -0.39 is 0 Å². The maximum Gasteiger partial charge on any atom is 0.251 e. The summed E-state index contributed by atoms with van der Waals surface area (Å²) in [6.07, 6.45) is 0. The number of hydrogen-bond acceptors (Lipinski definition) is 1. The standard InChI is InChI=1S/C17H11Br3FNO/c1-9-4-16(23)22(15-3-2-11(21)7-12(9)15)8-10-5-13(18)17(20)14(19)6-10/h2-7H,8H2,1H3. The van der Waals surface area contributed by atoms with Crippen LogP contribution in [0.4, 0.5) is 4.39 Å². The Bertz CT molecular complexity index is 958. The van der Waals surface area contributed by atoms with Crippen LogP contribution in [-0.4, -0.2) is 4.57 Å². The minimum Gasteiger partial charge on any atom is -0.304 e. The van der Waals surface area contributed by atoms with Crippen LogP contribution in [0.15, 0.2) is 54.6 Å². The first-order valence-corrected chi connectivity index (χ1v) is 9.18. The molecule has 23 heavy (non-hydrogen) atoms. The highest BCUT2D eigenvalue weighted by Crippen LogP contribution is 2.32. The highest BCUT2D eigenvalue weighted by atomic mass is 79.9. The first kappa shape index (κ1) is 16.9. The van der Waals surface area contributed by atoms with E-state index in [2.05, 4.69) is 47.8 Å². The van der Waals surface area contributed by atoms with Crippen molar-refractivity contribution in [1.29, 1.82) is 0 Å². The summed E-state index contributed by atoms with van der Waals surface area (Å²) < 4.78 is 17.9. The lowest BCUT2D eigenvalue weighted by Gasteiger charge is -2.13. The van der Waals surface area contributed by atoms with E-state index >= 15 is 0 Å². The van der Waals surface area contributed by atoms with Crippen molar-refractivity contribution in [3.63, 3.8) is 0 Å². The van der Waals surface area contributed by atoms with Crippen LogP contribution in [0.2, 0.25) is 0 Å². The quantitative estimate of drug-likeness (QED) is 0.406. The molecule has 2 nitrogen and oxygen atoms in total. The van der Waals surface area contributed by atoms with E-state index in [9.17, 15) is 9.18 Å². The first-order valence-electron chi connectivity index (χ1n) is 6.80. The van der Waals surface area contributed by atoms with E-state index in [1.165, 1.54) is 12.1 Å². The predicted molar refractivity (Wildman–Crippen MR) is 102 cm³/mol. The second-order valence-electron chi connectivity index (χ2n) is 5.29. The molecule has 0 N–H and O–H groups in total. The number of nitrogens with zero attached hydrogens (tertiary/aromatic N) is 1. The molecule has 1 heterocycles. The number of aryl methyl sites for hydroxylation is 1. The summed E-state index contributed by atoms with van der Waals surface area (Å²) in [6.45, 7) is 2.23. The number of benzene rings is 2. The second kappa shape index (κ2) is 6.49. The Kier molecular flexibility index (Phi) is 4.76. The van der Waals surface area contributed by atoms with Gasteiger partial charge in [-0.3, -0.25) is 4.79 Å². The lowest BCUT2D eigenvalue weighted by atomic mass is 10.1. The maximum atomic E-state index is 13.5. The molecule has 118 valence electrons. The summed E-state index contributed by atoms with van der Waals surface area (Å²) in [4.78, 5) is 12.4. The summed E-state index contributed by atoms with van der Waals surface area (Å²) in [5.41, 5.74) is 2.37. The molecular weight excluding hydrogens is 493 g/mol. The smallest absolute Gasteiger partial charge is 0.251 e. The Morgan fingerprint density at radius 1 is 1.04 bits per heavy atom. The first-order chi connectivity index (χ1) is 10.9. The molecule has 0 aliphatic carbocycles. The van der Waals surface area contributed by atoms with Crippen molar-refractivity contribution in [3.05, 3.63) is 77.1 Å². The Morgan fingerprint density at radius 3 is 2.35 bits per heavy atom. The van der Waals surface area contributed by atoms with Gasteiger partial charge in [-0.25, -0.2) is 4.39 Å². The van der Waals surface area contributed by atoms with E-state index in [0.29, 0.717) is 6.54 Å². The molecule has 6 heteroatoms. The molecule has 0 unspecified atom stereocenters. The van der Waals surface area contributed by atoms with Crippen LogP contribution < -0.4 is 5.56 Å². The van der Waals surface area contributed by atoms with Crippen LogP contribution in [0, 0.1) is 12.7 Å². The molecule has 0 aliphatic heterocycles. The van der Waals surface area contributed by atoms with Crippen molar-refractivity contribution in [2.45, 2.75) is 13.5 Å². The molecular formula is C17H11Br3FNO. The molecule has 0 fully saturated rings. The lowest BCUT2D eigenvalue weighted by Crippen LogP contribution is -2.21. The van der Waals surface area contributed by atoms with Crippen molar-refractivity contribution >= 4 is 58.7 Å². The molecule has 2 aromatic carbocycles. The molecule has 3 aromatic rings. The third-order valence-corrected chi connectivity index (χ3v) is 6.83. The van der Waals surface area contributed by atoms with Crippen molar-refractivity contribution < 1.29 is 4.39 Å². The molecule has 0 saturated heterocycles. The molecule has 0 atom stereocenters. The zero-order valence-corrected chi connectivity index (χ0v) is 16.8. The fourth-order valence-corrected chi connectivity index (χ4v) is 4.07. The van der Waals surface area contributed by atoms with Gasteiger partial charge in [-0.1, -0.05) is 0 Å². The van der Waals surface area contributed by atoms with Gasteiger partial charge in [0.1, 0.15) is 5.82 Å². The van der Waals surface area contributed by atoms with Crippen molar-refractivity contribution in [2.24, 2.45) is 0 Å². The Morgan fingerprint density at radius 2 is 1.70 bits per heavy atom. The summed E-state index contributed by atoms with van der Waals surface area (Å²) in [6, 6.07) is 9.96. The zero-order valence-electron chi connectivity index (χ0n) is 12.0. The summed E-state index contributed by atoms with van der Waals surface area (Å²) in [7, 11) is 0. The summed E-state index contributed by atoms with van der Waals surface area (Å²) in [5, 5.41) is 0.750. The minimum atomic E-state index is -0.306. The zero-order chi connectivity index (χ0) is 16.7. The van der Waals surface area contributed by atoms with Crippen LogP contribution in [-0.2, 0) is 6.54 Å². The molecule has 0 amide bonds. The highest BCUT2D eigenvalue weighted by Gasteiger charge is 2.10. The van der Waals surface area contributed by atoms with Gasteiger partial charge in [0.15, 0.2) is 0 Å². The number of hydrogen-bond donors (Lipinski definition) is 0. The van der Waals surface area contributed by atoms with Crippen molar-refractivity contribution in [2.75, 3.05) is 0 Å². The van der Waals surface area contributed by atoms with E-state index in [0.717, 1.165) is 35.4 Å². The molecule has 0 spiro atoms. The second-order valence-corrected chi connectivity index (χ2v) is 7.79. The average Bonchev–Trinajstić information content (AvgIpc) is 2.49. The van der Waals surface area contributed by atoms with E-state index in [1.54, 1.807) is 16.7 Å². The molecule has 0 saturated carbocycles. The van der Waals surface area contributed by atoms with Crippen LogP contribution in [0.3, 0.4) is 0 Å². The number of fused-ring (bicyclic) bond motifs is 1. The average molecular weight is 504 g/mol. The van der Waals surface area contributed by atoms with Gasteiger partial charge in [-0.2, -0.15) is 0 Å². The summed E-state index contributed by atoms with van der Waals surface area (Å²) in [5.74, 6) is -0.306. The van der Waals surface area contributed by atoms with Crippen molar-refractivity contribution in [3.8, 4) is 0 Å². The maximum absolute atomic E-state index is 13.5. The van der Waals surface area contributed by atoms with Gasteiger partial charge in [0, 0.05) is 24.9 Å². The van der Waals surface area contributed by atoms with E-state index in [1.807, 2.05) is 19.1 Å². The molecule has 0 radical (unpaired) electrons. The predicted octanol–water partition coefficient (Wildman–Crippen LogP) is 5.78. The van der Waals surface area contributed by atoms with Gasteiger partial charge in [-0.15, -0.1) is 0 Å². The number of halogens is 4. The third-order valence-electron chi connectivity index (χ3n) is 3.66. The normalized spacial score (nSPS) is 11.2. The fourth-order valence-electron chi connectivity index (χ4n) is 2.56. The summed E-state index contributed by atoms with van der Waals surface area (Å²) >= 11 is 10.4. The lowest BCUT2D eigenvalue weighted by molar-refractivity contribution is 0.629. The molecule has 0 aliphatic rings. The van der Waals surface area contributed by atoms with Crippen LogP contribution in [0.25, 0.3) is 10.9 Å². The number of rotatable bonds is 2. The Balaban J connectivity index is 2.19. The van der Waals surface area contributed by atoms with Gasteiger partial charge in [0.05, 0.1) is 12.1 Å². The molecule has 3 rings (SSSR count). The highest BCUT2D eigenvalue weighted by molar-refractivity contribution is 9.14. The SMILES string of the molecule is Cc1cc(=O)n(Cc2cc(Br)c(Br)c(Br)c2)c2ccc(F)cc12. The van der Waals surface area contributed by atoms with Crippen LogP contribution >= 0.6 is 47.8 Å². The van der Waals surface area contributed by atoms with Gasteiger partial charge >= 0.3 is 0 Å². The topological polar surface area (TPSA) is 22.0 Å². The Hall–Kier alpha value is -0.980. The van der Waals surface area contributed by atoms with Crippen molar-refractivity contribution in [1.82, 2.24) is 4.57 Å². The Labute approximate surface area is 157 Å². The van der Waals surface area contributed by atoms with Gasteiger partial charge in [0.25, 0.3) is 5.56 Å². The third kappa shape index (κ3) is 3.30. The number of aromatic nitrogens is 1. The van der Waals surface area contributed by atoms with E-state index in [-0.39, 0.29) is 11.4 Å².